The van der Waals surface area contributed by atoms with Gasteiger partial charge in [-0.15, -0.1) is 0 Å². The molecule has 1 aromatic carbocycles. The summed E-state index contributed by atoms with van der Waals surface area (Å²) in [5.41, 5.74) is 2.45. The molecule has 1 heterocycles. The Hall–Kier alpha value is -0.730. The van der Waals surface area contributed by atoms with Crippen LogP contribution in [-0.4, -0.2) is 27.2 Å². The predicted octanol–water partition coefficient (Wildman–Crippen LogP) is 2.95. The fraction of sp³-hybridized carbons (Fsp3) is 0.571. The minimum absolute atomic E-state index is 0.769. The summed E-state index contributed by atoms with van der Waals surface area (Å²) in [5.74, 6) is 0.769. The van der Waals surface area contributed by atoms with Gasteiger partial charge in [-0.3, -0.25) is 0 Å². The van der Waals surface area contributed by atoms with E-state index in [9.17, 15) is 0 Å². The maximum absolute atomic E-state index is 6.28. The molecule has 1 aromatic rings. The van der Waals surface area contributed by atoms with Gasteiger partial charge in [0.2, 0.25) is 0 Å². The summed E-state index contributed by atoms with van der Waals surface area (Å²) in [6.07, 6.45) is 3.77. The number of nitrogens with zero attached hydrogens (tertiary/aromatic N) is 1. The predicted molar refractivity (Wildman–Crippen MR) is 75.1 cm³/mol. The lowest BCUT2D eigenvalue weighted by Crippen LogP contribution is -2.30. The molecular formula is C14H21ClN2. The zero-order chi connectivity index (χ0) is 12.3. The van der Waals surface area contributed by atoms with Crippen molar-refractivity contribution >= 4 is 17.3 Å². The van der Waals surface area contributed by atoms with Crippen LogP contribution in [0.5, 0.6) is 0 Å². The Morgan fingerprint density at radius 1 is 1.41 bits per heavy atom. The molecule has 1 atom stereocenters. The highest BCUT2D eigenvalue weighted by atomic mass is 35.5. The molecule has 3 heteroatoms. The topological polar surface area (TPSA) is 15.3 Å². The number of nitrogens with one attached hydrogen (secondary N) is 1. The summed E-state index contributed by atoms with van der Waals surface area (Å²) >= 11 is 6.28. The Morgan fingerprint density at radius 3 is 2.82 bits per heavy atom. The van der Waals surface area contributed by atoms with Gasteiger partial charge in [0.05, 0.1) is 10.7 Å². The van der Waals surface area contributed by atoms with Gasteiger partial charge in [0, 0.05) is 14.1 Å². The molecule has 0 radical (unpaired) electrons. The molecule has 1 aliphatic rings. The van der Waals surface area contributed by atoms with Gasteiger partial charge in [-0.25, -0.2) is 0 Å². The van der Waals surface area contributed by atoms with Crippen LogP contribution in [0.4, 0.5) is 5.69 Å². The molecule has 1 unspecified atom stereocenters. The highest BCUT2D eigenvalue weighted by Gasteiger charge is 2.14. The Labute approximate surface area is 109 Å². The van der Waals surface area contributed by atoms with Gasteiger partial charge in [-0.2, -0.15) is 0 Å². The van der Waals surface area contributed by atoms with E-state index in [0.29, 0.717) is 0 Å². The Balaban J connectivity index is 2.04. The molecule has 1 saturated heterocycles. The lowest BCUT2D eigenvalue weighted by molar-refractivity contribution is 0.376. The highest BCUT2D eigenvalue weighted by Crippen LogP contribution is 2.27. The van der Waals surface area contributed by atoms with Crippen LogP contribution >= 0.6 is 11.6 Å². The molecule has 2 rings (SSSR count). The summed E-state index contributed by atoms with van der Waals surface area (Å²) in [7, 11) is 4.04. The van der Waals surface area contributed by atoms with Crippen molar-refractivity contribution in [1.82, 2.24) is 5.32 Å². The van der Waals surface area contributed by atoms with E-state index in [0.717, 1.165) is 29.6 Å². The SMILES string of the molecule is CN(C)c1ccc(CC2CCCNC2)cc1Cl. The van der Waals surface area contributed by atoms with Gasteiger partial charge in [0.1, 0.15) is 0 Å². The van der Waals surface area contributed by atoms with Crippen molar-refractivity contribution in [3.8, 4) is 0 Å². The second-order valence-corrected chi connectivity index (χ2v) is 5.50. The first-order valence-electron chi connectivity index (χ1n) is 6.33. The summed E-state index contributed by atoms with van der Waals surface area (Å²) in [5, 5.41) is 4.32. The van der Waals surface area contributed by atoms with Gasteiger partial charge >= 0.3 is 0 Å². The summed E-state index contributed by atoms with van der Waals surface area (Å²) < 4.78 is 0. The molecule has 0 spiro atoms. The Morgan fingerprint density at radius 2 is 2.24 bits per heavy atom. The Kier molecular flexibility index (Phi) is 4.30. The number of anilines is 1. The molecule has 94 valence electrons. The molecule has 0 aromatic heterocycles. The van der Waals surface area contributed by atoms with Crippen molar-refractivity contribution in [1.29, 1.82) is 0 Å². The average Bonchev–Trinajstić information content (AvgIpc) is 2.30. The zero-order valence-corrected chi connectivity index (χ0v) is 11.4. The van der Waals surface area contributed by atoms with E-state index in [-0.39, 0.29) is 0 Å². The fourth-order valence-corrected chi connectivity index (χ4v) is 2.84. The van der Waals surface area contributed by atoms with E-state index in [1.54, 1.807) is 0 Å². The number of halogens is 1. The lowest BCUT2D eigenvalue weighted by atomic mass is 9.92. The summed E-state index contributed by atoms with van der Waals surface area (Å²) in [6.45, 7) is 2.32. The summed E-state index contributed by atoms with van der Waals surface area (Å²) in [6, 6.07) is 6.44. The smallest absolute Gasteiger partial charge is 0.0642 e. The van der Waals surface area contributed by atoms with Gasteiger partial charge in [0.15, 0.2) is 0 Å². The van der Waals surface area contributed by atoms with E-state index in [4.69, 9.17) is 11.6 Å². The van der Waals surface area contributed by atoms with Crippen molar-refractivity contribution in [3.05, 3.63) is 28.8 Å². The lowest BCUT2D eigenvalue weighted by Gasteiger charge is -2.23. The number of piperidine rings is 1. The van der Waals surface area contributed by atoms with Crippen LogP contribution < -0.4 is 10.2 Å². The molecular weight excluding hydrogens is 232 g/mol. The number of hydrogen-bond acceptors (Lipinski definition) is 2. The van der Waals surface area contributed by atoms with Crippen molar-refractivity contribution in [3.63, 3.8) is 0 Å². The van der Waals surface area contributed by atoms with Crippen LogP contribution in [0, 0.1) is 5.92 Å². The van der Waals surface area contributed by atoms with E-state index >= 15 is 0 Å². The first-order chi connectivity index (χ1) is 8.16. The normalized spacial score (nSPS) is 20.3. The average molecular weight is 253 g/mol. The molecule has 0 saturated carbocycles. The minimum Gasteiger partial charge on any atom is -0.376 e. The van der Waals surface area contributed by atoms with Crippen LogP contribution in [0.3, 0.4) is 0 Å². The van der Waals surface area contributed by atoms with E-state index in [1.165, 1.54) is 24.9 Å². The largest absolute Gasteiger partial charge is 0.376 e. The van der Waals surface area contributed by atoms with Crippen LogP contribution in [0.25, 0.3) is 0 Å². The van der Waals surface area contributed by atoms with Gasteiger partial charge < -0.3 is 10.2 Å². The zero-order valence-electron chi connectivity index (χ0n) is 10.7. The first kappa shape index (κ1) is 12.7. The minimum atomic E-state index is 0.769. The molecule has 0 aliphatic carbocycles. The maximum atomic E-state index is 6.28. The van der Waals surface area contributed by atoms with E-state index < -0.39 is 0 Å². The quantitative estimate of drug-likeness (QED) is 0.890. The third-order valence-corrected chi connectivity index (χ3v) is 3.72. The molecule has 2 nitrogen and oxygen atoms in total. The maximum Gasteiger partial charge on any atom is 0.0642 e. The van der Waals surface area contributed by atoms with Crippen molar-refractivity contribution in [2.45, 2.75) is 19.3 Å². The third-order valence-electron chi connectivity index (χ3n) is 3.42. The van der Waals surface area contributed by atoms with Crippen molar-refractivity contribution < 1.29 is 0 Å². The first-order valence-corrected chi connectivity index (χ1v) is 6.71. The van der Waals surface area contributed by atoms with Crippen LogP contribution in [0.2, 0.25) is 5.02 Å². The van der Waals surface area contributed by atoms with Gasteiger partial charge in [-0.05, 0) is 56.0 Å². The second kappa shape index (κ2) is 5.74. The monoisotopic (exact) mass is 252 g/mol. The molecule has 17 heavy (non-hydrogen) atoms. The highest BCUT2D eigenvalue weighted by molar-refractivity contribution is 6.33. The number of rotatable bonds is 3. The number of benzene rings is 1. The second-order valence-electron chi connectivity index (χ2n) is 5.10. The molecule has 1 N–H and O–H groups in total. The van der Waals surface area contributed by atoms with Crippen molar-refractivity contribution in [2.75, 3.05) is 32.1 Å². The van der Waals surface area contributed by atoms with E-state index in [2.05, 4.69) is 23.5 Å². The third kappa shape index (κ3) is 3.36. The van der Waals surface area contributed by atoms with Crippen LogP contribution in [-0.2, 0) is 6.42 Å². The molecule has 0 bridgehead atoms. The standard InChI is InChI=1S/C14H21ClN2/c1-17(2)14-6-5-11(9-13(14)15)8-12-4-3-7-16-10-12/h5-6,9,12,16H,3-4,7-8,10H2,1-2H3. The number of hydrogen-bond donors (Lipinski definition) is 1. The van der Waals surface area contributed by atoms with Crippen LogP contribution in [0.15, 0.2) is 18.2 Å². The molecule has 1 fully saturated rings. The van der Waals surface area contributed by atoms with Gasteiger partial charge in [0.25, 0.3) is 0 Å². The molecule has 1 aliphatic heterocycles. The fourth-order valence-electron chi connectivity index (χ4n) is 2.47. The van der Waals surface area contributed by atoms with Gasteiger partial charge in [-0.1, -0.05) is 17.7 Å². The van der Waals surface area contributed by atoms with E-state index in [1.807, 2.05) is 19.0 Å². The van der Waals surface area contributed by atoms with Crippen molar-refractivity contribution in [2.24, 2.45) is 5.92 Å². The Bertz CT molecular complexity index is 370. The van der Waals surface area contributed by atoms with Crippen LogP contribution in [0.1, 0.15) is 18.4 Å². The summed E-state index contributed by atoms with van der Waals surface area (Å²) in [4.78, 5) is 2.05. The molecule has 0 amide bonds.